The maximum absolute atomic E-state index is 11.3. The summed E-state index contributed by atoms with van der Waals surface area (Å²) in [7, 11) is 0. The third kappa shape index (κ3) is 6.69. The number of para-hydroxylation sites is 1. The van der Waals surface area contributed by atoms with Crippen LogP contribution < -0.4 is 4.74 Å². The van der Waals surface area contributed by atoms with E-state index in [9.17, 15) is 9.90 Å². The van der Waals surface area contributed by atoms with Crippen LogP contribution in [0, 0.1) is 0 Å². The number of aromatic nitrogens is 2. The van der Waals surface area contributed by atoms with Crippen molar-refractivity contribution in [1.29, 1.82) is 0 Å². The SMILES string of the molecule is O=C(O)c1ccccc1OCCCN(CCc1cccnc1)Cc1ccncc1. The maximum Gasteiger partial charge on any atom is 0.339 e. The molecular weight excluding hydrogens is 366 g/mol. The molecule has 1 aromatic carbocycles. The van der Waals surface area contributed by atoms with Crippen LogP contribution in [0.5, 0.6) is 5.75 Å². The third-order valence-electron chi connectivity index (χ3n) is 4.59. The van der Waals surface area contributed by atoms with Crippen LogP contribution in [0.1, 0.15) is 27.9 Å². The monoisotopic (exact) mass is 391 g/mol. The van der Waals surface area contributed by atoms with Crippen LogP contribution in [-0.4, -0.2) is 45.6 Å². The largest absolute Gasteiger partial charge is 0.493 e. The van der Waals surface area contributed by atoms with Gasteiger partial charge in [-0.15, -0.1) is 0 Å². The van der Waals surface area contributed by atoms with Crippen LogP contribution in [-0.2, 0) is 13.0 Å². The molecule has 6 nitrogen and oxygen atoms in total. The predicted molar refractivity (Wildman–Crippen MR) is 111 cm³/mol. The molecule has 0 radical (unpaired) electrons. The average Bonchev–Trinajstić information content (AvgIpc) is 2.76. The summed E-state index contributed by atoms with van der Waals surface area (Å²) in [6.45, 7) is 3.04. The first-order valence-corrected chi connectivity index (χ1v) is 9.67. The zero-order valence-corrected chi connectivity index (χ0v) is 16.3. The molecule has 0 saturated carbocycles. The van der Waals surface area contributed by atoms with E-state index in [2.05, 4.69) is 20.9 Å². The Bertz CT molecular complexity index is 888. The van der Waals surface area contributed by atoms with Crippen molar-refractivity contribution >= 4 is 5.97 Å². The van der Waals surface area contributed by atoms with Gasteiger partial charge in [-0.05, 0) is 54.3 Å². The van der Waals surface area contributed by atoms with E-state index in [0.29, 0.717) is 12.4 Å². The normalized spacial score (nSPS) is 10.8. The molecule has 0 aliphatic rings. The number of carboxylic acids is 1. The van der Waals surface area contributed by atoms with Gasteiger partial charge in [-0.2, -0.15) is 0 Å². The number of hydrogen-bond acceptors (Lipinski definition) is 5. The van der Waals surface area contributed by atoms with Gasteiger partial charge in [0.15, 0.2) is 0 Å². The standard InChI is InChI=1S/C23H25N3O3/c27-23(28)21-6-1-2-7-22(21)29-16-4-14-26(18-20-8-12-24-13-9-20)15-10-19-5-3-11-25-17-19/h1-3,5-9,11-13,17H,4,10,14-16,18H2,(H,27,28). The Kier molecular flexibility index (Phi) is 7.72. The number of pyridine rings is 2. The van der Waals surface area contributed by atoms with Crippen molar-refractivity contribution in [2.24, 2.45) is 0 Å². The van der Waals surface area contributed by atoms with Gasteiger partial charge in [0.25, 0.3) is 0 Å². The molecule has 6 heteroatoms. The molecule has 1 N–H and O–H groups in total. The summed E-state index contributed by atoms with van der Waals surface area (Å²) in [5.74, 6) is -0.563. The fourth-order valence-corrected chi connectivity index (χ4v) is 3.09. The smallest absolute Gasteiger partial charge is 0.339 e. The van der Waals surface area contributed by atoms with Crippen LogP contribution in [0.25, 0.3) is 0 Å². The average molecular weight is 391 g/mol. The molecule has 29 heavy (non-hydrogen) atoms. The summed E-state index contributed by atoms with van der Waals surface area (Å²) in [6, 6.07) is 14.8. The number of carboxylic acid groups (broad SMARTS) is 1. The molecule has 0 unspecified atom stereocenters. The van der Waals surface area contributed by atoms with E-state index in [1.54, 1.807) is 42.9 Å². The van der Waals surface area contributed by atoms with Crippen LogP contribution >= 0.6 is 0 Å². The Labute approximate surface area is 170 Å². The molecule has 3 rings (SSSR count). The molecule has 3 aromatic rings. The molecule has 0 atom stereocenters. The Balaban J connectivity index is 1.54. The molecule has 0 fully saturated rings. The first-order valence-electron chi connectivity index (χ1n) is 9.67. The predicted octanol–water partition coefficient (Wildman–Crippen LogP) is 3.69. The van der Waals surface area contributed by atoms with Crippen molar-refractivity contribution in [3.63, 3.8) is 0 Å². The summed E-state index contributed by atoms with van der Waals surface area (Å²) >= 11 is 0. The van der Waals surface area contributed by atoms with E-state index < -0.39 is 5.97 Å². The molecule has 0 amide bonds. The van der Waals surface area contributed by atoms with Gasteiger partial charge in [-0.1, -0.05) is 18.2 Å². The number of benzene rings is 1. The van der Waals surface area contributed by atoms with Crippen LogP contribution in [0.4, 0.5) is 0 Å². The first kappa shape index (κ1) is 20.5. The molecular formula is C23H25N3O3. The van der Waals surface area contributed by atoms with Crippen molar-refractivity contribution in [3.05, 3.63) is 90.0 Å². The summed E-state index contributed by atoms with van der Waals surface area (Å²) in [5, 5.41) is 9.25. The first-order chi connectivity index (χ1) is 14.2. The minimum absolute atomic E-state index is 0.192. The van der Waals surface area contributed by atoms with Crippen molar-refractivity contribution in [2.75, 3.05) is 19.7 Å². The number of nitrogens with zero attached hydrogens (tertiary/aromatic N) is 3. The van der Waals surface area contributed by atoms with Gasteiger partial charge >= 0.3 is 5.97 Å². The summed E-state index contributed by atoms with van der Waals surface area (Å²) in [5.41, 5.74) is 2.61. The lowest BCUT2D eigenvalue weighted by Crippen LogP contribution is -2.28. The summed E-state index contributed by atoms with van der Waals surface area (Å²) < 4.78 is 5.73. The van der Waals surface area contributed by atoms with Crippen LogP contribution in [0.15, 0.2) is 73.3 Å². The molecule has 0 saturated heterocycles. The molecule has 2 heterocycles. The van der Waals surface area contributed by atoms with Crippen molar-refractivity contribution in [2.45, 2.75) is 19.4 Å². The van der Waals surface area contributed by atoms with Gasteiger partial charge < -0.3 is 9.84 Å². The van der Waals surface area contributed by atoms with Crippen LogP contribution in [0.3, 0.4) is 0 Å². The van der Waals surface area contributed by atoms with Gasteiger partial charge in [-0.3, -0.25) is 14.9 Å². The molecule has 0 aliphatic heterocycles. The second-order valence-corrected chi connectivity index (χ2v) is 6.75. The minimum Gasteiger partial charge on any atom is -0.493 e. The minimum atomic E-state index is -0.976. The highest BCUT2D eigenvalue weighted by Gasteiger charge is 2.11. The van der Waals surface area contributed by atoms with E-state index in [4.69, 9.17) is 4.74 Å². The summed E-state index contributed by atoms with van der Waals surface area (Å²) in [4.78, 5) is 21.9. The number of aromatic carboxylic acids is 1. The highest BCUT2D eigenvalue weighted by atomic mass is 16.5. The van der Waals surface area contributed by atoms with E-state index in [1.807, 2.05) is 24.4 Å². The van der Waals surface area contributed by atoms with Crippen molar-refractivity contribution < 1.29 is 14.6 Å². The molecule has 0 aliphatic carbocycles. The zero-order valence-electron chi connectivity index (χ0n) is 16.3. The zero-order chi connectivity index (χ0) is 20.3. The second kappa shape index (κ2) is 10.9. The Morgan fingerprint density at radius 3 is 2.52 bits per heavy atom. The lowest BCUT2D eigenvalue weighted by Gasteiger charge is -2.22. The van der Waals surface area contributed by atoms with Crippen molar-refractivity contribution in [3.8, 4) is 5.75 Å². The number of carbonyl (C=O) groups is 1. The van der Waals surface area contributed by atoms with Gasteiger partial charge in [0.1, 0.15) is 11.3 Å². The van der Waals surface area contributed by atoms with Gasteiger partial charge in [0.05, 0.1) is 6.61 Å². The lowest BCUT2D eigenvalue weighted by molar-refractivity contribution is 0.0692. The van der Waals surface area contributed by atoms with Crippen molar-refractivity contribution in [1.82, 2.24) is 14.9 Å². The fraction of sp³-hybridized carbons (Fsp3) is 0.261. The fourth-order valence-electron chi connectivity index (χ4n) is 3.09. The van der Waals surface area contributed by atoms with Gasteiger partial charge in [0, 0.05) is 44.4 Å². The topological polar surface area (TPSA) is 75.6 Å². The lowest BCUT2D eigenvalue weighted by atomic mass is 10.2. The third-order valence-corrected chi connectivity index (χ3v) is 4.59. The van der Waals surface area contributed by atoms with E-state index in [-0.39, 0.29) is 5.56 Å². The number of hydrogen-bond donors (Lipinski definition) is 1. The second-order valence-electron chi connectivity index (χ2n) is 6.75. The van der Waals surface area contributed by atoms with E-state index in [1.165, 1.54) is 11.1 Å². The highest BCUT2D eigenvalue weighted by Crippen LogP contribution is 2.18. The van der Waals surface area contributed by atoms with E-state index in [0.717, 1.165) is 32.5 Å². The summed E-state index contributed by atoms with van der Waals surface area (Å²) in [6.07, 6.45) is 9.01. The Hall–Kier alpha value is -3.25. The number of ether oxygens (including phenoxy) is 1. The van der Waals surface area contributed by atoms with Crippen LogP contribution in [0.2, 0.25) is 0 Å². The number of rotatable bonds is 11. The quantitative estimate of drug-likeness (QED) is 0.503. The molecule has 2 aromatic heterocycles. The highest BCUT2D eigenvalue weighted by molar-refractivity contribution is 5.90. The molecule has 0 spiro atoms. The van der Waals surface area contributed by atoms with E-state index >= 15 is 0 Å². The molecule has 0 bridgehead atoms. The van der Waals surface area contributed by atoms with Gasteiger partial charge in [-0.25, -0.2) is 4.79 Å². The maximum atomic E-state index is 11.3. The Morgan fingerprint density at radius 2 is 1.76 bits per heavy atom. The molecule has 150 valence electrons. The Morgan fingerprint density at radius 1 is 0.931 bits per heavy atom. The van der Waals surface area contributed by atoms with Gasteiger partial charge in [0.2, 0.25) is 0 Å².